The third-order valence-electron chi connectivity index (χ3n) is 3.19. The van der Waals surface area contributed by atoms with Crippen molar-refractivity contribution in [1.82, 2.24) is 0 Å². The second kappa shape index (κ2) is 8.12. The molecule has 0 atom stereocenters. The van der Waals surface area contributed by atoms with Gasteiger partial charge in [0.05, 0.1) is 0 Å². The van der Waals surface area contributed by atoms with Gasteiger partial charge in [0.15, 0.2) is 5.11 Å². The Balaban J connectivity index is 1.57. The van der Waals surface area contributed by atoms with Gasteiger partial charge >= 0.3 is 0 Å². The molecule has 3 aromatic rings. The fraction of sp³-hybridized carbons (Fsp3) is 0. The van der Waals surface area contributed by atoms with Gasteiger partial charge in [0.2, 0.25) is 0 Å². The summed E-state index contributed by atoms with van der Waals surface area (Å²) in [5.41, 5.74) is 1.86. The Morgan fingerprint density at radius 3 is 1.79 bits per heavy atom. The van der Waals surface area contributed by atoms with Gasteiger partial charge in [0, 0.05) is 14.9 Å². The molecule has 0 saturated heterocycles. The van der Waals surface area contributed by atoms with Gasteiger partial charge in [0.1, 0.15) is 11.5 Å². The normalized spacial score (nSPS) is 10.0. The van der Waals surface area contributed by atoms with Crippen molar-refractivity contribution >= 4 is 51.3 Å². The van der Waals surface area contributed by atoms with Gasteiger partial charge in [-0.05, 0) is 95.5 Å². The van der Waals surface area contributed by atoms with E-state index in [1.807, 2.05) is 78.9 Å². The van der Waals surface area contributed by atoms with Crippen molar-refractivity contribution in [2.75, 3.05) is 10.6 Å². The molecule has 0 radical (unpaired) electrons. The fourth-order valence-electron chi connectivity index (χ4n) is 2.06. The maximum atomic E-state index is 5.77. The summed E-state index contributed by atoms with van der Waals surface area (Å²) < 4.78 is 6.95. The van der Waals surface area contributed by atoms with Crippen LogP contribution in [0.3, 0.4) is 0 Å². The first-order valence-corrected chi connectivity index (χ1v) is 8.84. The minimum atomic E-state index is 0.549. The molecule has 0 aliphatic carbocycles. The van der Waals surface area contributed by atoms with E-state index in [-0.39, 0.29) is 0 Å². The monoisotopic (exact) mass is 446 g/mol. The number of hydrogen-bond acceptors (Lipinski definition) is 2. The lowest BCUT2D eigenvalue weighted by atomic mass is 10.3. The van der Waals surface area contributed by atoms with Crippen LogP contribution in [0.1, 0.15) is 0 Å². The molecule has 24 heavy (non-hydrogen) atoms. The Hall–Kier alpha value is -2.12. The smallest absolute Gasteiger partial charge is 0.175 e. The zero-order valence-corrected chi connectivity index (χ0v) is 15.7. The molecule has 3 aromatic carbocycles. The Labute approximate surface area is 160 Å². The van der Waals surface area contributed by atoms with Crippen LogP contribution in [0, 0.1) is 3.57 Å². The first-order chi connectivity index (χ1) is 11.7. The number of benzene rings is 3. The minimum Gasteiger partial charge on any atom is -0.457 e. The Morgan fingerprint density at radius 1 is 0.708 bits per heavy atom. The summed E-state index contributed by atoms with van der Waals surface area (Å²) in [6.45, 7) is 0. The first kappa shape index (κ1) is 16.7. The van der Waals surface area contributed by atoms with Crippen molar-refractivity contribution < 1.29 is 4.74 Å². The lowest BCUT2D eigenvalue weighted by molar-refractivity contribution is 0.483. The number of nitrogens with one attached hydrogen (secondary N) is 2. The highest BCUT2D eigenvalue weighted by atomic mass is 127. The second-order valence-corrected chi connectivity index (χ2v) is 6.68. The van der Waals surface area contributed by atoms with Crippen LogP contribution >= 0.6 is 34.8 Å². The summed E-state index contributed by atoms with van der Waals surface area (Å²) in [5.74, 6) is 1.59. The number of para-hydroxylation sites is 1. The molecule has 0 unspecified atom stereocenters. The van der Waals surface area contributed by atoms with Gasteiger partial charge in [-0.3, -0.25) is 0 Å². The van der Waals surface area contributed by atoms with Crippen molar-refractivity contribution in [2.24, 2.45) is 0 Å². The third-order valence-corrected chi connectivity index (χ3v) is 4.12. The number of anilines is 2. The second-order valence-electron chi connectivity index (χ2n) is 5.03. The van der Waals surface area contributed by atoms with Crippen LogP contribution < -0.4 is 15.4 Å². The highest BCUT2D eigenvalue weighted by Crippen LogP contribution is 2.22. The number of halogens is 1. The summed E-state index contributed by atoms with van der Waals surface area (Å²) in [7, 11) is 0. The Kier molecular flexibility index (Phi) is 5.66. The van der Waals surface area contributed by atoms with Crippen LogP contribution in [-0.2, 0) is 0 Å². The van der Waals surface area contributed by atoms with E-state index >= 15 is 0 Å². The molecule has 5 heteroatoms. The lowest BCUT2D eigenvalue weighted by Gasteiger charge is -2.11. The van der Waals surface area contributed by atoms with Gasteiger partial charge in [0.25, 0.3) is 0 Å². The molecule has 0 spiro atoms. The highest BCUT2D eigenvalue weighted by molar-refractivity contribution is 14.1. The molecule has 2 N–H and O–H groups in total. The topological polar surface area (TPSA) is 33.3 Å². The summed E-state index contributed by atoms with van der Waals surface area (Å²) in [5, 5.41) is 6.87. The van der Waals surface area contributed by atoms with Crippen LogP contribution in [0.2, 0.25) is 0 Å². The van der Waals surface area contributed by atoms with Crippen LogP contribution in [0.5, 0.6) is 11.5 Å². The number of ether oxygens (including phenoxy) is 1. The molecule has 0 aliphatic heterocycles. The SMILES string of the molecule is S=C(Nc1ccc(I)cc1)Nc1ccc(Oc2ccccc2)cc1. The predicted octanol–water partition coefficient (Wildman–Crippen LogP) is 5.89. The maximum absolute atomic E-state index is 5.77. The molecule has 120 valence electrons. The average molecular weight is 446 g/mol. The lowest BCUT2D eigenvalue weighted by Crippen LogP contribution is -2.18. The van der Waals surface area contributed by atoms with E-state index < -0.39 is 0 Å². The van der Waals surface area contributed by atoms with Gasteiger partial charge in [-0.15, -0.1) is 0 Å². The van der Waals surface area contributed by atoms with Crippen LogP contribution in [-0.4, -0.2) is 5.11 Å². The van der Waals surface area contributed by atoms with E-state index in [0.717, 1.165) is 22.9 Å². The zero-order valence-electron chi connectivity index (χ0n) is 12.7. The Bertz CT molecular complexity index is 805. The van der Waals surface area contributed by atoms with E-state index in [4.69, 9.17) is 17.0 Å². The quantitative estimate of drug-likeness (QED) is 0.387. The van der Waals surface area contributed by atoms with Gasteiger partial charge in [-0.1, -0.05) is 18.2 Å². The van der Waals surface area contributed by atoms with Crippen molar-refractivity contribution in [1.29, 1.82) is 0 Å². The van der Waals surface area contributed by atoms with E-state index in [0.29, 0.717) is 5.11 Å². The standard InChI is InChI=1S/C19H15IN2OS/c20-14-6-8-15(9-7-14)21-19(24)22-16-10-12-18(13-11-16)23-17-4-2-1-3-5-17/h1-13H,(H2,21,22,24). The number of rotatable bonds is 4. The molecular formula is C19H15IN2OS. The largest absolute Gasteiger partial charge is 0.457 e. The predicted molar refractivity (Wildman–Crippen MR) is 112 cm³/mol. The van der Waals surface area contributed by atoms with E-state index in [9.17, 15) is 0 Å². The molecule has 0 bridgehead atoms. The fourth-order valence-corrected chi connectivity index (χ4v) is 2.65. The summed E-state index contributed by atoms with van der Waals surface area (Å²) >= 11 is 7.60. The molecule has 0 aliphatic rings. The third kappa shape index (κ3) is 4.94. The van der Waals surface area contributed by atoms with Crippen LogP contribution in [0.4, 0.5) is 11.4 Å². The highest BCUT2D eigenvalue weighted by Gasteiger charge is 2.01. The minimum absolute atomic E-state index is 0.549. The molecule has 3 nitrogen and oxygen atoms in total. The summed E-state index contributed by atoms with van der Waals surface area (Å²) in [6, 6.07) is 25.4. The van der Waals surface area contributed by atoms with Gasteiger partial charge in [-0.2, -0.15) is 0 Å². The molecule has 0 amide bonds. The molecule has 3 rings (SSSR count). The van der Waals surface area contributed by atoms with Crippen LogP contribution in [0.25, 0.3) is 0 Å². The van der Waals surface area contributed by atoms with Gasteiger partial charge in [-0.25, -0.2) is 0 Å². The van der Waals surface area contributed by atoms with Crippen molar-refractivity contribution in [3.05, 3.63) is 82.4 Å². The Morgan fingerprint density at radius 2 is 1.21 bits per heavy atom. The molecule has 0 fully saturated rings. The maximum Gasteiger partial charge on any atom is 0.175 e. The first-order valence-electron chi connectivity index (χ1n) is 7.35. The molecule has 0 heterocycles. The van der Waals surface area contributed by atoms with E-state index in [1.165, 1.54) is 3.57 Å². The van der Waals surface area contributed by atoms with Gasteiger partial charge < -0.3 is 15.4 Å². The number of hydrogen-bond donors (Lipinski definition) is 2. The number of thiocarbonyl (C=S) groups is 1. The van der Waals surface area contributed by atoms with E-state index in [1.54, 1.807) is 0 Å². The summed E-state index contributed by atoms with van der Waals surface area (Å²) in [4.78, 5) is 0. The van der Waals surface area contributed by atoms with Crippen molar-refractivity contribution in [3.8, 4) is 11.5 Å². The molecular weight excluding hydrogens is 431 g/mol. The average Bonchev–Trinajstić information content (AvgIpc) is 2.60. The van der Waals surface area contributed by atoms with E-state index in [2.05, 4.69) is 33.2 Å². The van der Waals surface area contributed by atoms with Crippen LogP contribution in [0.15, 0.2) is 78.9 Å². The summed E-state index contributed by atoms with van der Waals surface area (Å²) in [6.07, 6.45) is 0. The zero-order chi connectivity index (χ0) is 16.8. The molecule has 0 saturated carbocycles. The van der Waals surface area contributed by atoms with Crippen molar-refractivity contribution in [2.45, 2.75) is 0 Å². The van der Waals surface area contributed by atoms with Crippen molar-refractivity contribution in [3.63, 3.8) is 0 Å². The molecule has 0 aromatic heterocycles.